The van der Waals surface area contributed by atoms with Crippen LogP contribution in [0, 0.1) is 0 Å². The van der Waals surface area contributed by atoms with Crippen LogP contribution in [0.2, 0.25) is 0 Å². The summed E-state index contributed by atoms with van der Waals surface area (Å²) in [6.07, 6.45) is 4.90. The lowest BCUT2D eigenvalue weighted by Gasteiger charge is -2.35. The van der Waals surface area contributed by atoms with Crippen molar-refractivity contribution < 1.29 is 10.4 Å². The molecular weight excluding hydrogens is 324 g/mol. The van der Waals surface area contributed by atoms with Gasteiger partial charge >= 0.3 is 0 Å². The summed E-state index contributed by atoms with van der Waals surface area (Å²) in [6, 6.07) is 4.12. The summed E-state index contributed by atoms with van der Waals surface area (Å²) in [5.74, 6) is 0.460. The van der Waals surface area contributed by atoms with Crippen LogP contribution >= 0.6 is 0 Å². The van der Waals surface area contributed by atoms with Gasteiger partial charge in [0.2, 0.25) is 0 Å². The summed E-state index contributed by atoms with van der Waals surface area (Å²) in [5.41, 5.74) is 2.41. The smallest absolute Gasteiger partial charge is 0.164 e. The first-order valence-corrected chi connectivity index (χ1v) is 10.4. The molecule has 1 atom stereocenters. The lowest BCUT2D eigenvalue weighted by atomic mass is 10.1. The van der Waals surface area contributed by atoms with E-state index in [1.807, 2.05) is 19.1 Å². The maximum Gasteiger partial charge on any atom is 0.164 e. The molecule has 24 heavy (non-hydrogen) atoms. The topological polar surface area (TPSA) is 67.2 Å². The van der Waals surface area contributed by atoms with Crippen LogP contribution in [-0.4, -0.2) is 59.8 Å². The molecule has 0 aromatic carbocycles. The Morgan fingerprint density at radius 3 is 2.92 bits per heavy atom. The zero-order valence-electron chi connectivity index (χ0n) is 14.9. The minimum atomic E-state index is -2.30. The van der Waals surface area contributed by atoms with Crippen molar-refractivity contribution in [2.45, 2.75) is 19.9 Å². The van der Waals surface area contributed by atoms with E-state index in [1.54, 1.807) is 18.6 Å². The molecule has 0 N–H and O–H groups in total. The fourth-order valence-corrected chi connectivity index (χ4v) is 3.15. The molecule has 0 unspecified atom stereocenters. The van der Waals surface area contributed by atoms with Gasteiger partial charge in [-0.05, 0) is 26.0 Å². The van der Waals surface area contributed by atoms with Gasteiger partial charge in [-0.1, -0.05) is 6.58 Å². The molecule has 1 saturated heterocycles. The summed E-state index contributed by atoms with van der Waals surface area (Å²) in [6.45, 7) is 10.7. The highest BCUT2D eigenvalue weighted by atomic mass is 32.2. The van der Waals surface area contributed by atoms with Gasteiger partial charge < -0.3 is 9.64 Å². The van der Waals surface area contributed by atoms with Gasteiger partial charge in [-0.25, -0.2) is 9.19 Å². The Kier molecular flexibility index (Phi) is 6.12. The van der Waals surface area contributed by atoms with Gasteiger partial charge in [0, 0.05) is 54.6 Å². The summed E-state index contributed by atoms with van der Waals surface area (Å²) in [7, 11) is -2.30. The van der Waals surface area contributed by atoms with E-state index in [4.69, 9.17) is 4.74 Å². The third-order valence-corrected chi connectivity index (χ3v) is 4.22. The predicted molar refractivity (Wildman–Crippen MR) is 103 cm³/mol. The Labute approximate surface area is 146 Å². The highest BCUT2D eigenvalue weighted by Crippen LogP contribution is 2.26. The van der Waals surface area contributed by atoms with Crippen LogP contribution in [0.1, 0.15) is 21.0 Å². The Morgan fingerprint density at radius 1 is 1.58 bits per heavy atom. The van der Waals surface area contributed by atoms with Crippen LogP contribution < -0.4 is 4.90 Å². The van der Waals surface area contributed by atoms with E-state index in [1.165, 1.54) is 0 Å². The van der Waals surface area contributed by atoms with Gasteiger partial charge in [0.1, 0.15) is 0 Å². The summed E-state index contributed by atoms with van der Waals surface area (Å²) in [4.78, 5) is 11.2. The first-order chi connectivity index (χ1) is 11.3. The van der Waals surface area contributed by atoms with E-state index < -0.39 is 9.73 Å². The van der Waals surface area contributed by atoms with Gasteiger partial charge in [-0.3, -0.25) is 4.99 Å². The van der Waals surface area contributed by atoms with Crippen molar-refractivity contribution in [1.29, 1.82) is 0 Å². The maximum atomic E-state index is 12.1. The number of anilines is 1. The second-order valence-electron chi connectivity index (χ2n) is 6.02. The summed E-state index contributed by atoms with van der Waals surface area (Å²) in [5, 5.41) is 0. The van der Waals surface area contributed by atoms with Crippen LogP contribution in [0.15, 0.2) is 34.1 Å². The molecule has 0 spiro atoms. The van der Waals surface area contributed by atoms with Crippen molar-refractivity contribution >= 4 is 26.9 Å². The van der Waals surface area contributed by atoms with E-state index in [2.05, 4.69) is 32.7 Å². The molecule has 7 heteroatoms. The molecule has 1 fully saturated rings. The number of hydrogen-bond donors (Lipinski definition) is 0. The molecule has 0 amide bonds. The molecule has 134 valence electrons. The number of allylic oxidation sites excluding steroid dienone is 1. The fourth-order valence-electron chi connectivity index (χ4n) is 2.60. The van der Waals surface area contributed by atoms with Crippen LogP contribution in [0.5, 0.6) is 0 Å². The first-order valence-electron chi connectivity index (χ1n) is 8.05. The first kappa shape index (κ1) is 18.6. The molecule has 0 saturated carbocycles. The Hall–Kier alpha value is -1.73. The lowest BCUT2D eigenvalue weighted by Crippen LogP contribution is -2.43. The summed E-state index contributed by atoms with van der Waals surface area (Å²) < 4.78 is 21.9. The van der Waals surface area contributed by atoms with E-state index in [0.717, 1.165) is 17.9 Å². The third kappa shape index (κ3) is 4.88. The van der Waals surface area contributed by atoms with E-state index in [-0.39, 0.29) is 7.47 Å². The Balaban J connectivity index is 0.00000312. The quantitative estimate of drug-likeness (QED) is 0.764. The van der Waals surface area contributed by atoms with Crippen molar-refractivity contribution in [1.82, 2.24) is 4.98 Å². The zero-order chi connectivity index (χ0) is 17.7. The molecule has 2 rings (SSSR count). The predicted octanol–water partition coefficient (Wildman–Crippen LogP) is 2.91. The highest BCUT2D eigenvalue weighted by molar-refractivity contribution is 7.92. The van der Waals surface area contributed by atoms with Crippen molar-refractivity contribution in [2.24, 2.45) is 9.36 Å². The van der Waals surface area contributed by atoms with Gasteiger partial charge in [0.15, 0.2) is 5.82 Å². The molecule has 0 aliphatic carbocycles. The van der Waals surface area contributed by atoms with Gasteiger partial charge in [-0.2, -0.15) is 4.36 Å². The SMILES string of the molecule is C=CC(=NCC)c1cc(N2CCOC[C@H]2C)cc(N=S(C)(C)=O)n1.[HH]. The lowest BCUT2D eigenvalue weighted by molar-refractivity contribution is 0.0989. The normalized spacial score (nSPS) is 19.2. The molecule has 0 radical (unpaired) electrons. The Bertz CT molecular complexity index is 749. The fraction of sp³-hybridized carbons (Fsp3) is 0.529. The number of rotatable bonds is 5. The van der Waals surface area contributed by atoms with Crippen molar-refractivity contribution in [3.05, 3.63) is 30.5 Å². The second-order valence-corrected chi connectivity index (χ2v) is 8.57. The third-order valence-electron chi connectivity index (χ3n) is 3.59. The molecule has 6 nitrogen and oxygen atoms in total. The number of ether oxygens (including phenoxy) is 1. The van der Waals surface area contributed by atoms with Crippen LogP contribution in [0.4, 0.5) is 11.5 Å². The highest BCUT2D eigenvalue weighted by Gasteiger charge is 2.21. The largest absolute Gasteiger partial charge is 0.377 e. The molecule has 1 aromatic rings. The number of aliphatic imine (C=N–C) groups is 1. The standard InChI is InChI=1S/C17H26N4O2S.H2/c1-6-15(18-7-2)16-10-14(21-8-9-23-12-13(21)3)11-17(19-16)20-24(4,5)22;/h6,10-11,13H,1,7-9,12H2,2-5H3;1H/t13-;/m1./s1. The minimum Gasteiger partial charge on any atom is -0.377 e. The second kappa shape index (κ2) is 7.90. The van der Waals surface area contributed by atoms with Crippen LogP contribution in [0.3, 0.4) is 0 Å². The monoisotopic (exact) mass is 352 g/mol. The number of hydrogen-bond acceptors (Lipinski definition) is 6. The number of aromatic nitrogens is 1. The summed E-state index contributed by atoms with van der Waals surface area (Å²) >= 11 is 0. The minimum absolute atomic E-state index is 0. The molecule has 2 heterocycles. The van der Waals surface area contributed by atoms with E-state index >= 15 is 0 Å². The van der Waals surface area contributed by atoms with Gasteiger partial charge in [0.25, 0.3) is 0 Å². The zero-order valence-corrected chi connectivity index (χ0v) is 15.7. The van der Waals surface area contributed by atoms with Crippen molar-refractivity contribution in [2.75, 3.05) is 43.7 Å². The van der Waals surface area contributed by atoms with Crippen molar-refractivity contribution in [3.63, 3.8) is 0 Å². The average Bonchev–Trinajstić information content (AvgIpc) is 2.51. The van der Waals surface area contributed by atoms with Crippen LogP contribution in [-0.2, 0) is 14.5 Å². The van der Waals surface area contributed by atoms with Gasteiger partial charge in [0.05, 0.1) is 24.6 Å². The number of morpholine rings is 1. The Morgan fingerprint density at radius 2 is 2.33 bits per heavy atom. The molecule has 1 aromatic heterocycles. The number of pyridine rings is 1. The van der Waals surface area contributed by atoms with Crippen molar-refractivity contribution in [3.8, 4) is 0 Å². The molecule has 1 aliphatic rings. The van der Waals surface area contributed by atoms with Gasteiger partial charge in [-0.15, -0.1) is 0 Å². The molecule has 1 aliphatic heterocycles. The average molecular weight is 353 g/mol. The van der Waals surface area contributed by atoms with Crippen LogP contribution in [0.25, 0.3) is 0 Å². The number of nitrogens with zero attached hydrogens (tertiary/aromatic N) is 4. The maximum absolute atomic E-state index is 12.1. The molecular formula is C17H28N4O2S. The van der Waals surface area contributed by atoms with E-state index in [9.17, 15) is 4.21 Å². The molecule has 0 bridgehead atoms. The van der Waals surface area contributed by atoms with E-state index in [0.29, 0.717) is 31.3 Å².